The van der Waals surface area contributed by atoms with Gasteiger partial charge in [-0.2, -0.15) is 0 Å². The molecule has 1 aliphatic rings. The highest BCUT2D eigenvalue weighted by Gasteiger charge is 2.25. The van der Waals surface area contributed by atoms with Crippen LogP contribution in [0.25, 0.3) is 0 Å². The first-order valence-corrected chi connectivity index (χ1v) is 10.3. The van der Waals surface area contributed by atoms with E-state index in [0.29, 0.717) is 0 Å². The fraction of sp³-hybridized carbons (Fsp3) is 0.500. The second kappa shape index (κ2) is 12.9. The van der Waals surface area contributed by atoms with Crippen molar-refractivity contribution < 1.29 is 8.81 Å². The fourth-order valence-electron chi connectivity index (χ4n) is 3.70. The van der Waals surface area contributed by atoms with E-state index in [0.717, 1.165) is 56.6 Å². The summed E-state index contributed by atoms with van der Waals surface area (Å²) in [5.74, 6) is 1.58. The molecule has 1 aromatic heterocycles. The van der Waals surface area contributed by atoms with Gasteiger partial charge in [-0.05, 0) is 62.8 Å². The first-order valence-electron chi connectivity index (χ1n) is 10.3. The van der Waals surface area contributed by atoms with Gasteiger partial charge in [0.25, 0.3) is 0 Å². The smallest absolute Gasteiger partial charge is 0.191 e. The molecule has 1 unspecified atom stereocenters. The Bertz CT molecular complexity index is 747. The SMILES string of the molecule is CN=C(NCCN(C)Cc1ccc(F)cc1)NCC(c1ccco1)N1CCCC1.I. The van der Waals surface area contributed by atoms with Gasteiger partial charge >= 0.3 is 0 Å². The molecule has 30 heavy (non-hydrogen) atoms. The van der Waals surface area contributed by atoms with Crippen molar-refractivity contribution in [1.82, 2.24) is 20.4 Å². The normalized spacial score (nSPS) is 15.8. The van der Waals surface area contributed by atoms with Crippen molar-refractivity contribution in [2.24, 2.45) is 4.99 Å². The van der Waals surface area contributed by atoms with Gasteiger partial charge in [0.2, 0.25) is 0 Å². The van der Waals surface area contributed by atoms with E-state index in [1.54, 1.807) is 13.3 Å². The maximum absolute atomic E-state index is 13.0. The summed E-state index contributed by atoms with van der Waals surface area (Å²) in [6.07, 6.45) is 4.22. The Morgan fingerprint density at radius 2 is 1.93 bits per heavy atom. The highest BCUT2D eigenvalue weighted by Crippen LogP contribution is 2.24. The first-order chi connectivity index (χ1) is 14.2. The van der Waals surface area contributed by atoms with Gasteiger partial charge in [-0.3, -0.25) is 9.89 Å². The molecule has 1 aliphatic heterocycles. The number of hydrogen-bond acceptors (Lipinski definition) is 4. The van der Waals surface area contributed by atoms with Crippen LogP contribution in [0.4, 0.5) is 4.39 Å². The van der Waals surface area contributed by atoms with Gasteiger partial charge < -0.3 is 20.0 Å². The van der Waals surface area contributed by atoms with Crippen molar-refractivity contribution in [2.45, 2.75) is 25.4 Å². The number of rotatable bonds is 9. The number of aliphatic imine (C=N–C) groups is 1. The standard InChI is InChI=1S/C22H32FN5O.HI/c1-24-22(25-11-14-27(2)17-18-7-9-19(23)10-8-18)26-16-20(21-6-5-15-29-21)28-12-3-4-13-28;/h5-10,15,20H,3-4,11-14,16-17H2,1-2H3,(H2,24,25,26);1H. The third kappa shape index (κ3) is 7.55. The molecule has 2 heterocycles. The summed E-state index contributed by atoms with van der Waals surface area (Å²) in [7, 11) is 3.84. The zero-order valence-electron chi connectivity index (χ0n) is 17.8. The number of guanidine groups is 1. The maximum atomic E-state index is 13.0. The van der Waals surface area contributed by atoms with Crippen LogP contribution in [0.15, 0.2) is 52.1 Å². The lowest BCUT2D eigenvalue weighted by Crippen LogP contribution is -2.44. The van der Waals surface area contributed by atoms with Gasteiger partial charge in [0.15, 0.2) is 5.96 Å². The zero-order chi connectivity index (χ0) is 20.5. The van der Waals surface area contributed by atoms with Crippen LogP contribution in [0.5, 0.6) is 0 Å². The summed E-state index contributed by atoms with van der Waals surface area (Å²) < 4.78 is 18.7. The van der Waals surface area contributed by atoms with Gasteiger partial charge in [-0.1, -0.05) is 12.1 Å². The summed E-state index contributed by atoms with van der Waals surface area (Å²) >= 11 is 0. The molecule has 0 aliphatic carbocycles. The van der Waals surface area contributed by atoms with Gasteiger partial charge in [0.05, 0.1) is 12.3 Å². The molecule has 2 N–H and O–H groups in total. The lowest BCUT2D eigenvalue weighted by Gasteiger charge is -2.27. The van der Waals surface area contributed by atoms with E-state index < -0.39 is 0 Å². The van der Waals surface area contributed by atoms with E-state index in [4.69, 9.17) is 4.42 Å². The van der Waals surface area contributed by atoms with Gasteiger partial charge in [0.1, 0.15) is 11.6 Å². The second-order valence-electron chi connectivity index (χ2n) is 7.52. The molecule has 6 nitrogen and oxygen atoms in total. The summed E-state index contributed by atoms with van der Waals surface area (Å²) in [4.78, 5) is 9.01. The lowest BCUT2D eigenvalue weighted by atomic mass is 10.2. The monoisotopic (exact) mass is 529 g/mol. The van der Waals surface area contributed by atoms with Crippen LogP contribution in [0.3, 0.4) is 0 Å². The molecule has 8 heteroatoms. The molecule has 0 spiro atoms. The number of halogens is 2. The second-order valence-corrected chi connectivity index (χ2v) is 7.52. The highest BCUT2D eigenvalue weighted by molar-refractivity contribution is 14.0. The molecule has 0 saturated carbocycles. The van der Waals surface area contributed by atoms with Crippen molar-refractivity contribution in [1.29, 1.82) is 0 Å². The average molecular weight is 529 g/mol. The van der Waals surface area contributed by atoms with Crippen LogP contribution >= 0.6 is 24.0 Å². The third-order valence-corrected chi connectivity index (χ3v) is 5.29. The fourth-order valence-corrected chi connectivity index (χ4v) is 3.70. The van der Waals surface area contributed by atoms with Crippen LogP contribution in [-0.2, 0) is 6.54 Å². The van der Waals surface area contributed by atoms with Crippen molar-refractivity contribution in [2.75, 3.05) is 46.8 Å². The predicted molar refractivity (Wildman–Crippen MR) is 130 cm³/mol. The largest absolute Gasteiger partial charge is 0.468 e. The van der Waals surface area contributed by atoms with Crippen LogP contribution in [0, 0.1) is 5.82 Å². The Labute approximate surface area is 195 Å². The summed E-state index contributed by atoms with van der Waals surface area (Å²) in [6.45, 7) is 5.36. The summed E-state index contributed by atoms with van der Waals surface area (Å²) in [5.41, 5.74) is 1.10. The topological polar surface area (TPSA) is 56.0 Å². The number of nitrogens with zero attached hydrogens (tertiary/aromatic N) is 3. The quantitative estimate of drug-likeness (QED) is 0.296. The van der Waals surface area contributed by atoms with E-state index in [-0.39, 0.29) is 35.8 Å². The molecule has 0 amide bonds. The van der Waals surface area contributed by atoms with Gasteiger partial charge in [-0.25, -0.2) is 4.39 Å². The minimum absolute atomic E-state index is 0. The Balaban J connectivity index is 0.00000320. The third-order valence-electron chi connectivity index (χ3n) is 5.29. The molecule has 1 aromatic carbocycles. The minimum Gasteiger partial charge on any atom is -0.468 e. The number of nitrogens with one attached hydrogen (secondary N) is 2. The molecule has 1 saturated heterocycles. The number of likely N-dealkylation sites (tertiary alicyclic amines) is 1. The Morgan fingerprint density at radius 3 is 2.57 bits per heavy atom. The van der Waals surface area contributed by atoms with E-state index in [2.05, 4.69) is 32.5 Å². The number of furan rings is 1. The zero-order valence-corrected chi connectivity index (χ0v) is 20.1. The van der Waals surface area contributed by atoms with E-state index in [1.165, 1.54) is 25.0 Å². The Kier molecular flexibility index (Phi) is 10.6. The first kappa shape index (κ1) is 24.6. The van der Waals surface area contributed by atoms with Gasteiger partial charge in [0, 0.05) is 33.2 Å². The Morgan fingerprint density at radius 1 is 1.20 bits per heavy atom. The molecule has 3 rings (SSSR count). The Hall–Kier alpha value is -1.65. The number of hydrogen-bond donors (Lipinski definition) is 2. The summed E-state index contributed by atoms with van der Waals surface area (Å²) in [5, 5.41) is 6.82. The summed E-state index contributed by atoms with van der Waals surface area (Å²) in [6, 6.07) is 10.9. The van der Waals surface area contributed by atoms with Crippen molar-refractivity contribution in [3.8, 4) is 0 Å². The average Bonchev–Trinajstić information content (AvgIpc) is 3.43. The molecular weight excluding hydrogens is 496 g/mol. The molecule has 1 atom stereocenters. The van der Waals surface area contributed by atoms with Crippen molar-refractivity contribution >= 4 is 29.9 Å². The lowest BCUT2D eigenvalue weighted by molar-refractivity contribution is 0.215. The molecule has 2 aromatic rings. The van der Waals surface area contributed by atoms with E-state index in [1.807, 2.05) is 24.3 Å². The van der Waals surface area contributed by atoms with Crippen LogP contribution in [0.2, 0.25) is 0 Å². The van der Waals surface area contributed by atoms with E-state index >= 15 is 0 Å². The molecular formula is C22H33FIN5O. The molecule has 0 radical (unpaired) electrons. The molecule has 0 bridgehead atoms. The van der Waals surface area contributed by atoms with Crippen molar-refractivity contribution in [3.63, 3.8) is 0 Å². The van der Waals surface area contributed by atoms with Crippen LogP contribution in [-0.4, -0.2) is 62.6 Å². The van der Waals surface area contributed by atoms with Crippen LogP contribution < -0.4 is 10.6 Å². The molecule has 166 valence electrons. The van der Waals surface area contributed by atoms with Crippen molar-refractivity contribution in [3.05, 3.63) is 59.8 Å². The van der Waals surface area contributed by atoms with Gasteiger partial charge in [-0.15, -0.1) is 24.0 Å². The predicted octanol–water partition coefficient (Wildman–Crippen LogP) is 3.47. The molecule has 1 fully saturated rings. The highest BCUT2D eigenvalue weighted by atomic mass is 127. The number of benzene rings is 1. The minimum atomic E-state index is -0.199. The number of likely N-dealkylation sites (N-methyl/N-ethyl adjacent to an activating group) is 1. The maximum Gasteiger partial charge on any atom is 0.191 e. The van der Waals surface area contributed by atoms with E-state index in [9.17, 15) is 4.39 Å². The van der Waals surface area contributed by atoms with Crippen LogP contribution in [0.1, 0.15) is 30.2 Å².